The van der Waals surface area contributed by atoms with Crippen molar-refractivity contribution >= 4 is 17.3 Å². The summed E-state index contributed by atoms with van der Waals surface area (Å²) < 4.78 is 0. The topological polar surface area (TPSA) is 27.0 Å². The molecule has 0 aromatic heterocycles. The minimum atomic E-state index is 0.181. The van der Waals surface area contributed by atoms with Gasteiger partial charge in [-0.15, -0.1) is 0 Å². The zero-order chi connectivity index (χ0) is 18.0. The van der Waals surface area contributed by atoms with Crippen LogP contribution in [0.15, 0.2) is 48.5 Å². The van der Waals surface area contributed by atoms with Crippen LogP contribution in [0.5, 0.6) is 0 Å². The van der Waals surface area contributed by atoms with Gasteiger partial charge < -0.3 is 4.90 Å². The highest BCUT2D eigenvalue weighted by Crippen LogP contribution is 2.43. The molecule has 0 amide bonds. The molecule has 2 heteroatoms. The normalized spacial score (nSPS) is 19.2. The summed E-state index contributed by atoms with van der Waals surface area (Å²) in [6.07, 6.45) is 3.14. The summed E-state index contributed by atoms with van der Waals surface area (Å²) in [6, 6.07) is 18.8. The lowest BCUT2D eigenvalue weighted by atomic mass is 9.79. The highest BCUT2D eigenvalue weighted by molar-refractivity contribution is 5.90. The number of allylic oxidation sites excluding steroid dienone is 1. The molecule has 128 valence electrons. The van der Waals surface area contributed by atoms with Gasteiger partial charge in [-0.1, -0.05) is 43.3 Å². The number of anilines is 1. The lowest BCUT2D eigenvalue weighted by Gasteiger charge is -2.47. The second-order valence-electron chi connectivity index (χ2n) is 7.52. The maximum atomic E-state index is 9.55. The molecule has 3 rings (SSSR count). The number of nitriles is 1. The molecule has 1 heterocycles. The van der Waals surface area contributed by atoms with Gasteiger partial charge in [-0.05, 0) is 68.0 Å². The number of nitrogens with zero attached hydrogens (tertiary/aromatic N) is 2. The molecule has 0 radical (unpaired) electrons. The van der Waals surface area contributed by atoms with Gasteiger partial charge in [-0.2, -0.15) is 5.26 Å². The van der Waals surface area contributed by atoms with E-state index < -0.39 is 0 Å². The molecule has 0 aliphatic carbocycles. The van der Waals surface area contributed by atoms with E-state index in [1.807, 2.05) is 36.4 Å². The fraction of sp³-hybridized carbons (Fsp3) is 0.348. The highest BCUT2D eigenvalue weighted by Gasteiger charge is 2.35. The zero-order valence-electron chi connectivity index (χ0n) is 15.6. The molecular weight excluding hydrogens is 304 g/mol. The third-order valence-electron chi connectivity index (χ3n) is 5.24. The van der Waals surface area contributed by atoms with Crippen LogP contribution in [0.4, 0.5) is 5.69 Å². The van der Waals surface area contributed by atoms with Crippen molar-refractivity contribution in [3.05, 3.63) is 65.2 Å². The van der Waals surface area contributed by atoms with Crippen LogP contribution in [0.1, 0.15) is 56.7 Å². The van der Waals surface area contributed by atoms with Crippen molar-refractivity contribution in [1.29, 1.82) is 5.26 Å². The predicted molar refractivity (Wildman–Crippen MR) is 106 cm³/mol. The van der Waals surface area contributed by atoms with Crippen LogP contribution >= 0.6 is 0 Å². The van der Waals surface area contributed by atoms with Gasteiger partial charge in [0.1, 0.15) is 0 Å². The van der Waals surface area contributed by atoms with Crippen molar-refractivity contribution in [1.82, 2.24) is 0 Å². The Bertz CT molecular complexity index is 825. The molecule has 2 aromatic rings. The summed E-state index contributed by atoms with van der Waals surface area (Å²) >= 11 is 0. The SMILES string of the molecule is CCN1c2ccc(/C=C(/C#N)c3ccccc3)cc2C(C)CC1(C)C. The van der Waals surface area contributed by atoms with Crippen LogP contribution in [0.2, 0.25) is 0 Å². The van der Waals surface area contributed by atoms with Crippen LogP contribution in [0.3, 0.4) is 0 Å². The molecule has 2 nitrogen and oxygen atoms in total. The van der Waals surface area contributed by atoms with Crippen molar-refractivity contribution in [2.75, 3.05) is 11.4 Å². The molecule has 0 fully saturated rings. The Kier molecular flexibility index (Phi) is 4.68. The summed E-state index contributed by atoms with van der Waals surface area (Å²) in [4.78, 5) is 2.50. The smallest absolute Gasteiger partial charge is 0.0998 e. The molecule has 25 heavy (non-hydrogen) atoms. The fourth-order valence-electron chi connectivity index (χ4n) is 4.16. The first kappa shape index (κ1) is 17.3. The van der Waals surface area contributed by atoms with Crippen molar-refractivity contribution in [2.45, 2.75) is 45.6 Å². The first-order valence-corrected chi connectivity index (χ1v) is 9.05. The van der Waals surface area contributed by atoms with Crippen LogP contribution < -0.4 is 4.90 Å². The third kappa shape index (κ3) is 3.33. The minimum absolute atomic E-state index is 0.181. The molecule has 0 N–H and O–H groups in total. The van der Waals surface area contributed by atoms with Crippen LogP contribution in [-0.4, -0.2) is 12.1 Å². The maximum absolute atomic E-state index is 9.55. The van der Waals surface area contributed by atoms with E-state index >= 15 is 0 Å². The number of hydrogen-bond acceptors (Lipinski definition) is 2. The van der Waals surface area contributed by atoms with Gasteiger partial charge in [-0.25, -0.2) is 0 Å². The summed E-state index contributed by atoms with van der Waals surface area (Å²) in [7, 11) is 0. The van der Waals surface area contributed by atoms with E-state index in [0.29, 0.717) is 11.5 Å². The highest BCUT2D eigenvalue weighted by atomic mass is 15.2. The molecule has 0 saturated heterocycles. The molecule has 1 atom stereocenters. The van der Waals surface area contributed by atoms with E-state index in [1.54, 1.807) is 0 Å². The third-order valence-corrected chi connectivity index (χ3v) is 5.24. The minimum Gasteiger partial charge on any atom is -0.366 e. The molecule has 0 spiro atoms. The van der Waals surface area contributed by atoms with Crippen molar-refractivity contribution in [3.63, 3.8) is 0 Å². The Balaban J connectivity index is 2.03. The number of hydrogen-bond donors (Lipinski definition) is 0. The summed E-state index contributed by atoms with van der Waals surface area (Å²) in [5, 5.41) is 9.55. The van der Waals surface area contributed by atoms with Gasteiger partial charge in [-0.3, -0.25) is 0 Å². The molecule has 0 bridgehead atoms. The van der Waals surface area contributed by atoms with Crippen LogP contribution in [-0.2, 0) is 0 Å². The van der Waals surface area contributed by atoms with Gasteiger partial charge in [0, 0.05) is 17.8 Å². The van der Waals surface area contributed by atoms with E-state index in [2.05, 4.69) is 56.9 Å². The largest absolute Gasteiger partial charge is 0.366 e. The second-order valence-corrected chi connectivity index (χ2v) is 7.52. The van der Waals surface area contributed by atoms with Gasteiger partial charge in [0.25, 0.3) is 0 Å². The fourth-order valence-corrected chi connectivity index (χ4v) is 4.16. The Labute approximate surface area is 151 Å². The van der Waals surface area contributed by atoms with E-state index in [-0.39, 0.29) is 5.54 Å². The maximum Gasteiger partial charge on any atom is 0.0998 e. The van der Waals surface area contributed by atoms with Crippen molar-refractivity contribution < 1.29 is 0 Å². The van der Waals surface area contributed by atoms with Gasteiger partial charge in [0.15, 0.2) is 0 Å². The van der Waals surface area contributed by atoms with Crippen molar-refractivity contribution in [3.8, 4) is 6.07 Å². The Morgan fingerprint density at radius 1 is 1.24 bits per heavy atom. The molecule has 2 aromatic carbocycles. The zero-order valence-corrected chi connectivity index (χ0v) is 15.6. The summed E-state index contributed by atoms with van der Waals surface area (Å²) in [6.45, 7) is 10.2. The standard InChI is InChI=1S/C23H26N2/c1-5-25-22-12-11-18(14-21(22)17(2)15-23(25,3)4)13-20(16-24)19-9-7-6-8-10-19/h6-14,17H,5,15H2,1-4H3/b20-13-. The molecular formula is C23H26N2. The summed E-state index contributed by atoms with van der Waals surface area (Å²) in [5.74, 6) is 0.517. The van der Waals surface area contributed by atoms with E-state index in [0.717, 1.165) is 24.1 Å². The number of benzene rings is 2. The van der Waals surface area contributed by atoms with E-state index in [9.17, 15) is 5.26 Å². The quantitative estimate of drug-likeness (QED) is 0.520. The number of fused-ring (bicyclic) bond motifs is 1. The Morgan fingerprint density at radius 2 is 1.96 bits per heavy atom. The second kappa shape index (κ2) is 6.76. The first-order valence-electron chi connectivity index (χ1n) is 9.05. The lowest BCUT2D eigenvalue weighted by molar-refractivity contribution is 0.381. The van der Waals surface area contributed by atoms with E-state index in [4.69, 9.17) is 0 Å². The Hall–Kier alpha value is -2.53. The van der Waals surface area contributed by atoms with Crippen molar-refractivity contribution in [2.24, 2.45) is 0 Å². The molecule has 1 aliphatic heterocycles. The van der Waals surface area contributed by atoms with Gasteiger partial charge in [0.05, 0.1) is 11.6 Å². The van der Waals surface area contributed by atoms with Gasteiger partial charge >= 0.3 is 0 Å². The average Bonchev–Trinajstić information content (AvgIpc) is 2.60. The van der Waals surface area contributed by atoms with Gasteiger partial charge in [0.2, 0.25) is 0 Å². The molecule has 1 aliphatic rings. The van der Waals surface area contributed by atoms with Crippen LogP contribution in [0.25, 0.3) is 11.6 Å². The van der Waals surface area contributed by atoms with E-state index in [1.165, 1.54) is 11.3 Å². The lowest BCUT2D eigenvalue weighted by Crippen LogP contribution is -2.48. The monoisotopic (exact) mass is 330 g/mol. The van der Waals surface area contributed by atoms with Crippen LogP contribution in [0, 0.1) is 11.3 Å². The molecule has 0 saturated carbocycles. The predicted octanol–water partition coefficient (Wildman–Crippen LogP) is 5.86. The number of rotatable bonds is 3. The molecule has 1 unspecified atom stereocenters. The Morgan fingerprint density at radius 3 is 2.60 bits per heavy atom. The summed E-state index contributed by atoms with van der Waals surface area (Å²) in [5.41, 5.74) is 5.67. The first-order chi connectivity index (χ1) is 12.0. The average molecular weight is 330 g/mol.